The molecule has 0 amide bonds. The predicted molar refractivity (Wildman–Crippen MR) is 29.4 cm³/mol. The van der Waals surface area contributed by atoms with Gasteiger partial charge in [0.1, 0.15) is 0 Å². The minimum Gasteiger partial charge on any atom is -0.907 e. The summed E-state index contributed by atoms with van der Waals surface area (Å²) in [5.74, 6) is 0. The number of hydrogen-bond donors (Lipinski definition) is 0. The minimum atomic E-state index is -2.92. The number of hydrogen-bond acceptors (Lipinski definition) is 7. The molecule has 0 unspecified atom stereocenters. The van der Waals surface area contributed by atoms with Crippen LogP contribution in [0.4, 0.5) is 0 Å². The first-order chi connectivity index (χ1) is 5.73. The molecule has 0 aromatic rings. The van der Waals surface area contributed by atoms with E-state index in [9.17, 15) is 0 Å². The zero-order chi connectivity index (χ0) is 11.6. The van der Waals surface area contributed by atoms with Crippen molar-refractivity contribution in [1.29, 1.82) is 0 Å². The third-order valence-corrected chi connectivity index (χ3v) is 0. The summed E-state index contributed by atoms with van der Waals surface area (Å²) in [5.41, 5.74) is 0. The zero-order valence-electron chi connectivity index (χ0n) is 8.44. The molecule has 0 aromatic heterocycles. The molecule has 0 aliphatic carbocycles. The van der Waals surface area contributed by atoms with Gasteiger partial charge in [-0.1, -0.05) is 0 Å². The molecule has 9 heteroatoms. The Morgan fingerprint density at radius 1 is 0.538 bits per heavy atom. The second-order valence-electron chi connectivity index (χ2n) is 0.289. The molecule has 0 atom stereocenters. The molecule has 13 heavy (non-hydrogen) atoms. The molecule has 80 valence electrons. The van der Waals surface area contributed by atoms with Gasteiger partial charge in [0, 0.05) is 0 Å². The average molecular weight is 190 g/mol. The molecule has 0 spiro atoms. The summed E-state index contributed by atoms with van der Waals surface area (Å²) in [5, 5.41) is 58.2. The second kappa shape index (κ2) is 140. The van der Waals surface area contributed by atoms with Crippen LogP contribution in [0.3, 0.4) is 0 Å². The van der Waals surface area contributed by atoms with Gasteiger partial charge in [-0.2, -0.15) is 28.4 Å². The normalized spacial score (nSPS) is 3.92. The van der Waals surface area contributed by atoms with Crippen molar-refractivity contribution in [3.63, 3.8) is 0 Å². The van der Waals surface area contributed by atoms with Crippen molar-refractivity contribution in [3.05, 3.63) is 0 Å². The van der Waals surface area contributed by atoms with Gasteiger partial charge in [-0.15, -0.1) is 0 Å². The summed E-state index contributed by atoms with van der Waals surface area (Å²) in [6.07, 6.45) is 0. The van der Waals surface area contributed by atoms with Crippen LogP contribution < -0.4 is 54.4 Å². The summed E-state index contributed by atoms with van der Waals surface area (Å²) in [4.78, 5) is 0. The van der Waals surface area contributed by atoms with E-state index in [0.29, 0.717) is 0 Å². The van der Waals surface area contributed by atoms with Crippen molar-refractivity contribution in [3.8, 4) is 0 Å². The molecule has 0 heterocycles. The van der Waals surface area contributed by atoms with Crippen LogP contribution in [0, 0.1) is 0 Å². The molecule has 0 rings (SSSR count). The summed E-state index contributed by atoms with van der Waals surface area (Å²) < 4.78 is 0. The molecule has 0 fully saturated rings. The van der Waals surface area contributed by atoms with Gasteiger partial charge in [-0.25, -0.2) is 0 Å². The quantitative estimate of drug-likeness (QED) is 0.342. The van der Waals surface area contributed by atoms with E-state index in [1.807, 2.05) is 0 Å². The van der Waals surface area contributed by atoms with Crippen molar-refractivity contribution in [2.45, 2.75) is 0 Å². The Labute approximate surface area is 90.6 Å². The van der Waals surface area contributed by atoms with Gasteiger partial charge in [-0.05, 0) is 0 Å². The third kappa shape index (κ3) is 9130. The van der Waals surface area contributed by atoms with Crippen LogP contribution in [-0.4, -0.2) is 35.8 Å². The maximum atomic E-state index is 8.42. The molecular weight excluding hydrogens is 178 g/mol. The SMILES string of the molecule is C[O-].C[O-].C[O-].C[O-].[Li+].[O-]B([O-])[O-]. The van der Waals surface area contributed by atoms with Crippen LogP contribution in [0.5, 0.6) is 0 Å². The Bertz CT molecular complexity index is 25.2. The van der Waals surface area contributed by atoms with E-state index in [2.05, 4.69) is 0 Å². The Morgan fingerprint density at radius 3 is 0.538 bits per heavy atom. The van der Waals surface area contributed by atoms with Gasteiger partial charge in [0.2, 0.25) is 0 Å². The van der Waals surface area contributed by atoms with Gasteiger partial charge in [0.25, 0.3) is 0 Å². The fraction of sp³-hybridized carbons (Fsp3) is 1.00. The van der Waals surface area contributed by atoms with E-state index in [0.717, 1.165) is 28.4 Å². The van der Waals surface area contributed by atoms with Crippen molar-refractivity contribution < 1.29 is 54.4 Å². The predicted octanol–water partition coefficient (Wildman–Crippen LogP) is -11.0. The van der Waals surface area contributed by atoms with E-state index in [1.54, 1.807) is 0 Å². The fourth-order valence-corrected chi connectivity index (χ4v) is 0. The smallest absolute Gasteiger partial charge is 0.907 e. The first kappa shape index (κ1) is 37.6. The van der Waals surface area contributed by atoms with Crippen molar-refractivity contribution >= 4 is 7.32 Å². The van der Waals surface area contributed by atoms with Crippen LogP contribution in [-0.2, 0) is 0 Å². The van der Waals surface area contributed by atoms with Crippen LogP contribution in [0.15, 0.2) is 0 Å². The molecule has 0 saturated carbocycles. The third-order valence-electron chi connectivity index (χ3n) is 0. The van der Waals surface area contributed by atoms with E-state index >= 15 is 0 Å². The molecular formula is C4H12BLiO7-6. The molecule has 0 saturated heterocycles. The molecule has 7 nitrogen and oxygen atoms in total. The molecule has 0 aliphatic heterocycles. The average Bonchev–Trinajstić information content (AvgIpc) is 2.16. The number of rotatable bonds is 0. The van der Waals surface area contributed by atoms with Crippen LogP contribution in [0.2, 0.25) is 0 Å². The summed E-state index contributed by atoms with van der Waals surface area (Å²) >= 11 is 0. The fourth-order valence-electron chi connectivity index (χ4n) is 0. The van der Waals surface area contributed by atoms with Crippen LogP contribution >= 0.6 is 0 Å². The topological polar surface area (TPSA) is 161 Å². The van der Waals surface area contributed by atoms with E-state index in [4.69, 9.17) is 35.5 Å². The first-order valence-corrected chi connectivity index (χ1v) is 2.34. The van der Waals surface area contributed by atoms with Crippen LogP contribution in [0.25, 0.3) is 0 Å². The van der Waals surface area contributed by atoms with Gasteiger partial charge in [0.15, 0.2) is 0 Å². The Kier molecular flexibility index (Phi) is 406. The van der Waals surface area contributed by atoms with Crippen LogP contribution in [0.1, 0.15) is 0 Å². The summed E-state index contributed by atoms with van der Waals surface area (Å²) in [6, 6.07) is 0. The monoisotopic (exact) mass is 190 g/mol. The van der Waals surface area contributed by atoms with E-state index < -0.39 is 7.32 Å². The van der Waals surface area contributed by atoms with E-state index in [-0.39, 0.29) is 18.9 Å². The largest absolute Gasteiger partial charge is 1.00 e. The Balaban J connectivity index is -0.0000000122. The zero-order valence-corrected chi connectivity index (χ0v) is 8.44. The molecule has 0 aliphatic rings. The van der Waals surface area contributed by atoms with Gasteiger partial charge >= 0.3 is 18.9 Å². The molecule has 0 aromatic carbocycles. The maximum absolute atomic E-state index is 8.42. The van der Waals surface area contributed by atoms with E-state index in [1.165, 1.54) is 0 Å². The minimum absolute atomic E-state index is 0. The Morgan fingerprint density at radius 2 is 0.538 bits per heavy atom. The maximum Gasteiger partial charge on any atom is 1.00 e. The van der Waals surface area contributed by atoms with Gasteiger partial charge < -0.3 is 35.5 Å². The molecule has 0 N–H and O–H groups in total. The summed E-state index contributed by atoms with van der Waals surface area (Å²) in [7, 11) is 0.0833. The van der Waals surface area contributed by atoms with Gasteiger partial charge in [-0.3, -0.25) is 7.32 Å². The van der Waals surface area contributed by atoms with Crippen molar-refractivity contribution in [2.24, 2.45) is 0 Å². The molecule has 0 bridgehead atoms. The van der Waals surface area contributed by atoms with Crippen molar-refractivity contribution in [1.82, 2.24) is 0 Å². The summed E-state index contributed by atoms with van der Waals surface area (Å²) in [6.45, 7) is 0. The second-order valence-corrected chi connectivity index (χ2v) is 0.289. The first-order valence-electron chi connectivity index (χ1n) is 2.34. The standard InChI is InChI=1S/4CH3O.BO3.Li/c4*1-2;2-1(3)4;/h4*1H3;;/q4*-1;-3;+1. The Hall–Kier alpha value is 0.382. The van der Waals surface area contributed by atoms with Crippen molar-refractivity contribution in [2.75, 3.05) is 28.4 Å². The molecule has 0 radical (unpaired) electrons. The van der Waals surface area contributed by atoms with Gasteiger partial charge in [0.05, 0.1) is 0 Å².